The van der Waals surface area contributed by atoms with Gasteiger partial charge in [-0.1, -0.05) is 24.5 Å². The van der Waals surface area contributed by atoms with Crippen molar-refractivity contribution in [3.63, 3.8) is 0 Å². The average Bonchev–Trinajstić information content (AvgIpc) is 2.56. The van der Waals surface area contributed by atoms with Gasteiger partial charge in [0.15, 0.2) is 0 Å². The molecule has 0 aliphatic rings. The number of amides is 1. The van der Waals surface area contributed by atoms with Gasteiger partial charge in [-0.2, -0.15) is 0 Å². The van der Waals surface area contributed by atoms with E-state index in [9.17, 15) is 19.5 Å². The summed E-state index contributed by atoms with van der Waals surface area (Å²) < 4.78 is 2.09. The Labute approximate surface area is 137 Å². The quantitative estimate of drug-likeness (QED) is 0.632. The Hall–Kier alpha value is -3.53. The molecule has 0 atom stereocenters. The number of anilines is 1. The van der Waals surface area contributed by atoms with Crippen LogP contribution < -0.4 is 16.6 Å². The van der Waals surface area contributed by atoms with Crippen LogP contribution in [0, 0.1) is 11.8 Å². The van der Waals surface area contributed by atoms with Gasteiger partial charge in [0.1, 0.15) is 11.4 Å². The van der Waals surface area contributed by atoms with Crippen molar-refractivity contribution in [3.05, 3.63) is 69.5 Å². The van der Waals surface area contributed by atoms with Gasteiger partial charge in [-0.15, -0.1) is 0 Å². The van der Waals surface area contributed by atoms with E-state index in [0.717, 1.165) is 10.6 Å². The molecule has 0 aliphatic heterocycles. The van der Waals surface area contributed by atoms with E-state index in [1.165, 1.54) is 29.9 Å². The molecular weight excluding hydrogens is 310 g/mol. The van der Waals surface area contributed by atoms with Crippen LogP contribution in [0.5, 0.6) is 5.75 Å². The minimum atomic E-state index is -0.618. The van der Waals surface area contributed by atoms with E-state index in [0.29, 0.717) is 5.56 Å². The number of nitrogens with one attached hydrogen (secondary N) is 1. The van der Waals surface area contributed by atoms with Gasteiger partial charge in [0, 0.05) is 18.8 Å². The fourth-order valence-corrected chi connectivity index (χ4v) is 1.92. The molecule has 0 saturated heterocycles. The SMILES string of the molecule is C=CC(=O)Nc1cn(CC#Cc2cccc(O)c2)c(=O)n(C)c1=O. The smallest absolute Gasteiger partial charge is 0.331 e. The number of rotatable bonds is 3. The topological polar surface area (TPSA) is 93.3 Å². The van der Waals surface area contributed by atoms with Gasteiger partial charge >= 0.3 is 5.69 Å². The molecule has 1 aromatic carbocycles. The first kappa shape index (κ1) is 16.8. The summed E-state index contributed by atoms with van der Waals surface area (Å²) in [5.41, 5.74) is -0.622. The molecule has 0 bridgehead atoms. The number of benzene rings is 1. The molecule has 24 heavy (non-hydrogen) atoms. The molecule has 1 aromatic heterocycles. The van der Waals surface area contributed by atoms with Crippen LogP contribution in [-0.4, -0.2) is 20.1 Å². The molecule has 2 N–H and O–H groups in total. The highest BCUT2D eigenvalue weighted by atomic mass is 16.3. The van der Waals surface area contributed by atoms with Gasteiger partial charge in [-0.25, -0.2) is 4.79 Å². The number of carbonyl (C=O) groups is 1. The van der Waals surface area contributed by atoms with Crippen molar-refractivity contribution in [3.8, 4) is 17.6 Å². The maximum absolute atomic E-state index is 12.1. The first-order chi connectivity index (χ1) is 11.4. The Kier molecular flexibility index (Phi) is 5.02. The fraction of sp³-hybridized carbons (Fsp3) is 0.118. The standard InChI is InChI=1S/C17H15N3O4/c1-3-15(22)18-14-11-20(17(24)19(2)16(14)23)9-5-7-12-6-4-8-13(21)10-12/h3-4,6,8,10-11,21H,1,9H2,2H3,(H,18,22). The molecule has 0 aliphatic carbocycles. The third-order valence-corrected chi connectivity index (χ3v) is 3.12. The molecular formula is C17H15N3O4. The average molecular weight is 325 g/mol. The first-order valence-corrected chi connectivity index (χ1v) is 6.94. The third-order valence-electron chi connectivity index (χ3n) is 3.12. The molecule has 0 radical (unpaired) electrons. The van der Waals surface area contributed by atoms with Crippen molar-refractivity contribution >= 4 is 11.6 Å². The summed E-state index contributed by atoms with van der Waals surface area (Å²) in [4.78, 5) is 35.4. The van der Waals surface area contributed by atoms with Crippen LogP contribution in [0.1, 0.15) is 5.56 Å². The van der Waals surface area contributed by atoms with Gasteiger partial charge in [-0.3, -0.25) is 18.7 Å². The summed E-state index contributed by atoms with van der Waals surface area (Å²) in [7, 11) is 1.31. The molecule has 7 heteroatoms. The number of carbonyl (C=O) groups excluding carboxylic acids is 1. The van der Waals surface area contributed by atoms with Crippen LogP contribution in [0.15, 0.2) is 52.7 Å². The maximum Gasteiger partial charge on any atom is 0.331 e. The third kappa shape index (κ3) is 3.81. The van der Waals surface area contributed by atoms with Crippen molar-refractivity contribution in [1.82, 2.24) is 9.13 Å². The van der Waals surface area contributed by atoms with Crippen molar-refractivity contribution < 1.29 is 9.90 Å². The number of nitrogens with zero attached hydrogens (tertiary/aromatic N) is 2. The van der Waals surface area contributed by atoms with Gasteiger partial charge < -0.3 is 10.4 Å². The predicted molar refractivity (Wildman–Crippen MR) is 89.8 cm³/mol. The zero-order valence-electron chi connectivity index (χ0n) is 12.9. The number of phenols is 1. The Morgan fingerprint density at radius 3 is 2.83 bits per heavy atom. The van der Waals surface area contributed by atoms with Crippen LogP contribution in [-0.2, 0) is 18.4 Å². The van der Waals surface area contributed by atoms with E-state index < -0.39 is 17.2 Å². The minimum absolute atomic E-state index is 0.0135. The maximum atomic E-state index is 12.1. The van der Waals surface area contributed by atoms with E-state index >= 15 is 0 Å². The molecule has 1 heterocycles. The van der Waals surface area contributed by atoms with E-state index in [4.69, 9.17) is 0 Å². The van der Waals surface area contributed by atoms with Crippen molar-refractivity contribution in [1.29, 1.82) is 0 Å². The molecule has 2 aromatic rings. The molecule has 7 nitrogen and oxygen atoms in total. The minimum Gasteiger partial charge on any atom is -0.508 e. The van der Waals surface area contributed by atoms with Crippen LogP contribution in [0.2, 0.25) is 0 Å². The van der Waals surface area contributed by atoms with Crippen LogP contribution >= 0.6 is 0 Å². The Morgan fingerprint density at radius 1 is 1.42 bits per heavy atom. The highest BCUT2D eigenvalue weighted by molar-refractivity contribution is 5.98. The lowest BCUT2D eigenvalue weighted by Gasteiger charge is -2.08. The Morgan fingerprint density at radius 2 is 2.17 bits per heavy atom. The van der Waals surface area contributed by atoms with E-state index in [-0.39, 0.29) is 18.0 Å². The fourth-order valence-electron chi connectivity index (χ4n) is 1.92. The zero-order valence-corrected chi connectivity index (χ0v) is 12.9. The summed E-state index contributed by atoms with van der Waals surface area (Å²) in [5, 5.41) is 11.7. The molecule has 1 amide bonds. The number of aromatic hydroxyl groups is 1. The number of aromatic nitrogens is 2. The highest BCUT2D eigenvalue weighted by Crippen LogP contribution is 2.09. The Bertz CT molecular complexity index is 974. The number of hydrogen-bond acceptors (Lipinski definition) is 4. The summed E-state index contributed by atoms with van der Waals surface area (Å²) in [5.74, 6) is 5.13. The van der Waals surface area contributed by atoms with E-state index in [2.05, 4.69) is 23.7 Å². The van der Waals surface area contributed by atoms with Crippen molar-refractivity contribution in [2.24, 2.45) is 7.05 Å². The van der Waals surface area contributed by atoms with Crippen LogP contribution in [0.25, 0.3) is 0 Å². The lowest BCUT2D eigenvalue weighted by atomic mass is 10.2. The second-order valence-corrected chi connectivity index (χ2v) is 4.86. The highest BCUT2D eigenvalue weighted by Gasteiger charge is 2.09. The number of hydrogen-bond donors (Lipinski definition) is 2. The normalized spacial score (nSPS) is 9.71. The van der Waals surface area contributed by atoms with Crippen molar-refractivity contribution in [2.45, 2.75) is 6.54 Å². The summed E-state index contributed by atoms with van der Waals surface area (Å²) in [6, 6.07) is 6.39. The molecule has 0 saturated carbocycles. The molecule has 0 spiro atoms. The zero-order chi connectivity index (χ0) is 17.7. The second-order valence-electron chi connectivity index (χ2n) is 4.86. The van der Waals surface area contributed by atoms with Gasteiger partial charge in [0.05, 0.1) is 6.54 Å². The molecule has 2 rings (SSSR count). The largest absolute Gasteiger partial charge is 0.508 e. The second kappa shape index (κ2) is 7.15. The summed E-state index contributed by atoms with van der Waals surface area (Å²) >= 11 is 0. The first-order valence-electron chi connectivity index (χ1n) is 6.94. The van der Waals surface area contributed by atoms with Gasteiger partial charge in [0.25, 0.3) is 5.56 Å². The molecule has 0 fully saturated rings. The van der Waals surface area contributed by atoms with E-state index in [1.807, 2.05) is 0 Å². The molecule has 122 valence electrons. The predicted octanol–water partition coefficient (Wildman–Crippen LogP) is 0.429. The van der Waals surface area contributed by atoms with Crippen LogP contribution in [0.4, 0.5) is 5.69 Å². The Balaban J connectivity index is 2.34. The lowest BCUT2D eigenvalue weighted by molar-refractivity contribution is -0.111. The van der Waals surface area contributed by atoms with Crippen LogP contribution in [0.3, 0.4) is 0 Å². The van der Waals surface area contributed by atoms with Crippen molar-refractivity contribution in [2.75, 3.05) is 5.32 Å². The monoisotopic (exact) mass is 325 g/mol. The summed E-state index contributed by atoms with van der Waals surface area (Å²) in [6.07, 6.45) is 2.26. The number of phenolic OH excluding ortho intramolecular Hbond substituents is 1. The van der Waals surface area contributed by atoms with E-state index in [1.54, 1.807) is 12.1 Å². The lowest BCUT2D eigenvalue weighted by Crippen LogP contribution is -2.39. The van der Waals surface area contributed by atoms with Gasteiger partial charge in [0.2, 0.25) is 5.91 Å². The summed E-state index contributed by atoms with van der Waals surface area (Å²) in [6.45, 7) is 3.32. The van der Waals surface area contributed by atoms with Gasteiger partial charge in [-0.05, 0) is 24.3 Å². The molecule has 0 unspecified atom stereocenters.